The summed E-state index contributed by atoms with van der Waals surface area (Å²) in [5.41, 5.74) is 1.44. The van der Waals surface area contributed by atoms with Gasteiger partial charge >= 0.3 is 0 Å². The van der Waals surface area contributed by atoms with Gasteiger partial charge in [-0.1, -0.05) is 36.8 Å². The number of nitrogens with one attached hydrogen (secondary N) is 8. The Morgan fingerprint density at radius 2 is 0.846 bits per heavy atom. The molecule has 9 heteroatoms. The maximum atomic E-state index is 3.64. The lowest BCUT2D eigenvalue weighted by Gasteiger charge is -2.23. The topological polar surface area (TPSA) is 99.5 Å². The van der Waals surface area contributed by atoms with Crippen molar-refractivity contribution in [3.05, 3.63) is 35.9 Å². The molecule has 226 valence electrons. The summed E-state index contributed by atoms with van der Waals surface area (Å²) in [5.74, 6) is 0. The standard InChI is InChI=1S/C30H61N9/c1-3-8-30(9-4-1)10-28-39-27-6-2-5-11-31-12-7-13-32-14-15-33-16-17-34-18-19-35-20-21-36-22-23-37-24-25-38-26-29-39/h1,3-4,8-9,31-38H,2,5-7,10-29H2. The molecule has 1 heterocycles. The molecular formula is C30H61N9. The maximum absolute atomic E-state index is 3.64. The summed E-state index contributed by atoms with van der Waals surface area (Å²) in [7, 11) is 0. The van der Waals surface area contributed by atoms with Crippen molar-refractivity contribution in [2.24, 2.45) is 0 Å². The summed E-state index contributed by atoms with van der Waals surface area (Å²) in [6.45, 7) is 20.1. The normalized spacial score (nSPS) is 21.9. The molecule has 8 N–H and O–H groups in total. The van der Waals surface area contributed by atoms with Crippen LogP contribution in [0.3, 0.4) is 0 Å². The van der Waals surface area contributed by atoms with E-state index in [9.17, 15) is 0 Å². The molecule has 1 aliphatic heterocycles. The summed E-state index contributed by atoms with van der Waals surface area (Å²) in [4.78, 5) is 2.65. The van der Waals surface area contributed by atoms with Gasteiger partial charge in [0, 0.05) is 98.2 Å². The summed E-state index contributed by atoms with van der Waals surface area (Å²) >= 11 is 0. The molecule has 1 aromatic rings. The molecule has 0 saturated carbocycles. The van der Waals surface area contributed by atoms with E-state index in [0.717, 1.165) is 124 Å². The third-order valence-corrected chi connectivity index (χ3v) is 7.07. The quantitative estimate of drug-likeness (QED) is 0.262. The Labute approximate surface area is 239 Å². The molecule has 0 radical (unpaired) electrons. The van der Waals surface area contributed by atoms with Crippen LogP contribution >= 0.6 is 0 Å². The average Bonchev–Trinajstić information content (AvgIpc) is 2.96. The fourth-order valence-corrected chi connectivity index (χ4v) is 4.67. The first-order chi connectivity index (χ1) is 19.4. The van der Waals surface area contributed by atoms with Crippen molar-refractivity contribution in [2.75, 3.05) is 124 Å². The van der Waals surface area contributed by atoms with Gasteiger partial charge in [0.2, 0.25) is 0 Å². The zero-order valence-corrected chi connectivity index (χ0v) is 24.8. The van der Waals surface area contributed by atoms with Crippen molar-refractivity contribution in [1.29, 1.82) is 0 Å². The monoisotopic (exact) mass is 548 g/mol. The molecule has 1 saturated heterocycles. The largest absolute Gasteiger partial charge is 0.317 e. The highest BCUT2D eigenvalue weighted by Crippen LogP contribution is 2.04. The van der Waals surface area contributed by atoms with Crippen LogP contribution < -0.4 is 42.5 Å². The van der Waals surface area contributed by atoms with E-state index in [4.69, 9.17) is 0 Å². The Balaban J connectivity index is 1.62. The van der Waals surface area contributed by atoms with E-state index in [1.807, 2.05) is 0 Å². The average molecular weight is 548 g/mol. The van der Waals surface area contributed by atoms with Crippen molar-refractivity contribution < 1.29 is 0 Å². The second kappa shape index (κ2) is 27.1. The predicted octanol–water partition coefficient (Wildman–Crippen LogP) is -0.178. The lowest BCUT2D eigenvalue weighted by molar-refractivity contribution is 0.269. The zero-order chi connectivity index (χ0) is 27.3. The predicted molar refractivity (Wildman–Crippen MR) is 168 cm³/mol. The van der Waals surface area contributed by atoms with E-state index in [2.05, 4.69) is 77.8 Å². The van der Waals surface area contributed by atoms with Crippen molar-refractivity contribution in [3.8, 4) is 0 Å². The summed E-state index contributed by atoms with van der Waals surface area (Å²) < 4.78 is 0. The molecule has 9 nitrogen and oxygen atoms in total. The Morgan fingerprint density at radius 1 is 0.410 bits per heavy atom. The molecular weight excluding hydrogens is 486 g/mol. The molecule has 1 aliphatic rings. The zero-order valence-electron chi connectivity index (χ0n) is 24.8. The van der Waals surface area contributed by atoms with Gasteiger partial charge in [-0.05, 0) is 57.4 Å². The molecule has 1 aromatic carbocycles. The van der Waals surface area contributed by atoms with Crippen molar-refractivity contribution >= 4 is 0 Å². The minimum absolute atomic E-state index is 1.02. The Hall–Kier alpha value is -1.14. The van der Waals surface area contributed by atoms with E-state index in [-0.39, 0.29) is 0 Å². The van der Waals surface area contributed by atoms with E-state index in [0.29, 0.717) is 0 Å². The third-order valence-electron chi connectivity index (χ3n) is 7.07. The number of benzene rings is 1. The molecule has 1 fully saturated rings. The van der Waals surface area contributed by atoms with Gasteiger partial charge in [-0.2, -0.15) is 0 Å². The minimum atomic E-state index is 1.02. The first-order valence-corrected chi connectivity index (χ1v) is 15.9. The number of hydrogen-bond acceptors (Lipinski definition) is 9. The lowest BCUT2D eigenvalue weighted by atomic mass is 10.1. The van der Waals surface area contributed by atoms with Crippen LogP contribution in [0, 0.1) is 0 Å². The SMILES string of the molecule is c1ccc(CCN2CCCCCNCCCNCCNCCNCCNCCNCCNCCNCC2)cc1. The lowest BCUT2D eigenvalue weighted by Crippen LogP contribution is -2.38. The van der Waals surface area contributed by atoms with Crippen molar-refractivity contribution in [1.82, 2.24) is 47.4 Å². The van der Waals surface area contributed by atoms with Crippen LogP contribution in [0.5, 0.6) is 0 Å². The van der Waals surface area contributed by atoms with Gasteiger partial charge < -0.3 is 47.4 Å². The molecule has 0 atom stereocenters. The molecule has 0 aliphatic carbocycles. The number of hydrogen-bond donors (Lipinski definition) is 8. The van der Waals surface area contributed by atoms with Gasteiger partial charge in [-0.15, -0.1) is 0 Å². The van der Waals surface area contributed by atoms with E-state index in [1.165, 1.54) is 37.8 Å². The fourth-order valence-electron chi connectivity index (χ4n) is 4.67. The van der Waals surface area contributed by atoms with Gasteiger partial charge in [-0.25, -0.2) is 0 Å². The molecule has 0 amide bonds. The first kappa shape index (κ1) is 34.1. The Kier molecular flexibility index (Phi) is 23.6. The van der Waals surface area contributed by atoms with Crippen molar-refractivity contribution in [2.45, 2.75) is 32.1 Å². The summed E-state index contributed by atoms with van der Waals surface area (Å²) in [6.07, 6.45) is 6.18. The van der Waals surface area contributed by atoms with Crippen LogP contribution in [0.4, 0.5) is 0 Å². The molecule has 0 bridgehead atoms. The molecule has 2 rings (SSSR count). The van der Waals surface area contributed by atoms with Crippen LogP contribution in [-0.4, -0.2) is 129 Å². The number of nitrogens with zero attached hydrogens (tertiary/aromatic N) is 1. The smallest absolute Gasteiger partial charge is 0.0107 e. The molecule has 39 heavy (non-hydrogen) atoms. The van der Waals surface area contributed by atoms with E-state index >= 15 is 0 Å². The van der Waals surface area contributed by atoms with Crippen LogP contribution in [0.2, 0.25) is 0 Å². The second-order valence-electron chi connectivity index (χ2n) is 10.5. The van der Waals surface area contributed by atoms with E-state index < -0.39 is 0 Å². The molecule has 0 unspecified atom stereocenters. The van der Waals surface area contributed by atoms with Crippen LogP contribution in [-0.2, 0) is 6.42 Å². The van der Waals surface area contributed by atoms with Gasteiger partial charge in [0.25, 0.3) is 0 Å². The Morgan fingerprint density at radius 3 is 1.38 bits per heavy atom. The highest BCUT2D eigenvalue weighted by Gasteiger charge is 2.05. The van der Waals surface area contributed by atoms with E-state index in [1.54, 1.807) is 0 Å². The minimum Gasteiger partial charge on any atom is -0.317 e. The molecule has 0 aromatic heterocycles. The number of rotatable bonds is 3. The summed E-state index contributed by atoms with van der Waals surface area (Å²) in [6, 6.07) is 10.9. The first-order valence-electron chi connectivity index (χ1n) is 15.9. The van der Waals surface area contributed by atoms with Gasteiger partial charge in [0.15, 0.2) is 0 Å². The highest BCUT2D eigenvalue weighted by atomic mass is 15.1. The fraction of sp³-hybridized carbons (Fsp3) is 0.800. The summed E-state index contributed by atoms with van der Waals surface area (Å²) in [5, 5.41) is 28.3. The van der Waals surface area contributed by atoms with Crippen molar-refractivity contribution in [3.63, 3.8) is 0 Å². The third kappa shape index (κ3) is 22.3. The van der Waals surface area contributed by atoms with Crippen LogP contribution in [0.15, 0.2) is 30.3 Å². The molecule has 0 spiro atoms. The second-order valence-corrected chi connectivity index (χ2v) is 10.5. The van der Waals surface area contributed by atoms with Gasteiger partial charge in [0.1, 0.15) is 0 Å². The van der Waals surface area contributed by atoms with Gasteiger partial charge in [0.05, 0.1) is 0 Å². The maximum Gasteiger partial charge on any atom is 0.0107 e. The van der Waals surface area contributed by atoms with Crippen LogP contribution in [0.1, 0.15) is 31.2 Å². The highest BCUT2D eigenvalue weighted by molar-refractivity contribution is 5.14. The van der Waals surface area contributed by atoms with Gasteiger partial charge in [-0.3, -0.25) is 0 Å². The van der Waals surface area contributed by atoms with Crippen LogP contribution in [0.25, 0.3) is 0 Å². The Bertz CT molecular complexity index is 588.